The molecule has 3 atom stereocenters. The maximum atomic E-state index is 12.0. The molecule has 4 heteroatoms. The number of nitrogens with zero attached hydrogens (tertiary/aromatic N) is 1. The maximum Gasteiger partial charge on any atom is 0.317 e. The molecule has 3 unspecified atom stereocenters. The Balaban J connectivity index is 2.32. The molecule has 1 aliphatic rings. The van der Waals surface area contributed by atoms with Crippen molar-refractivity contribution in [1.29, 1.82) is 0 Å². The van der Waals surface area contributed by atoms with Gasteiger partial charge < -0.3 is 15.3 Å². The number of carbonyl (C=O) groups is 1. The zero-order chi connectivity index (χ0) is 13.7. The Bertz CT molecular complexity index is 269. The largest absolute Gasteiger partial charge is 0.391 e. The van der Waals surface area contributed by atoms with Gasteiger partial charge >= 0.3 is 6.03 Å². The van der Waals surface area contributed by atoms with Crippen LogP contribution in [-0.2, 0) is 0 Å². The van der Waals surface area contributed by atoms with Crippen molar-refractivity contribution in [2.45, 2.75) is 59.1 Å². The fourth-order valence-corrected chi connectivity index (χ4v) is 2.19. The van der Waals surface area contributed by atoms with Crippen LogP contribution in [0.5, 0.6) is 0 Å². The Morgan fingerprint density at radius 2 is 2.06 bits per heavy atom. The van der Waals surface area contributed by atoms with E-state index in [0.29, 0.717) is 18.4 Å². The van der Waals surface area contributed by atoms with Crippen LogP contribution in [-0.4, -0.2) is 41.3 Å². The van der Waals surface area contributed by atoms with Crippen LogP contribution >= 0.6 is 0 Å². The molecule has 106 valence electrons. The number of hydrogen-bond donors (Lipinski definition) is 2. The Labute approximate surface area is 111 Å². The molecular formula is C14H28N2O2. The van der Waals surface area contributed by atoms with Crippen LogP contribution in [0.3, 0.4) is 0 Å². The van der Waals surface area contributed by atoms with Crippen molar-refractivity contribution < 1.29 is 9.90 Å². The fraction of sp³-hybridized carbons (Fsp3) is 0.929. The van der Waals surface area contributed by atoms with Gasteiger partial charge in [0, 0.05) is 19.1 Å². The number of aliphatic hydroxyl groups is 1. The normalized spacial score (nSPS) is 26.2. The average Bonchev–Trinajstić information content (AvgIpc) is 2.30. The molecule has 1 fully saturated rings. The molecule has 18 heavy (non-hydrogen) atoms. The van der Waals surface area contributed by atoms with E-state index in [1.54, 1.807) is 4.90 Å². The van der Waals surface area contributed by atoms with Gasteiger partial charge in [-0.1, -0.05) is 20.8 Å². The van der Waals surface area contributed by atoms with Crippen molar-refractivity contribution in [3.8, 4) is 0 Å². The second-order valence-electron chi connectivity index (χ2n) is 6.10. The number of amides is 2. The molecule has 4 nitrogen and oxygen atoms in total. The molecule has 2 amide bonds. The number of hydrogen-bond acceptors (Lipinski definition) is 2. The number of β-amino-alcohol motifs (C(OH)–C–C–N with tert-alkyl or cyclic N) is 1. The van der Waals surface area contributed by atoms with Gasteiger partial charge in [0.05, 0.1) is 6.10 Å². The van der Waals surface area contributed by atoms with E-state index >= 15 is 0 Å². The summed E-state index contributed by atoms with van der Waals surface area (Å²) >= 11 is 0. The third-order valence-electron chi connectivity index (χ3n) is 3.75. The fourth-order valence-electron chi connectivity index (χ4n) is 2.19. The Hall–Kier alpha value is -0.770. The van der Waals surface area contributed by atoms with Crippen molar-refractivity contribution in [2.75, 3.05) is 13.1 Å². The molecule has 1 rings (SSSR count). The highest BCUT2D eigenvalue weighted by Crippen LogP contribution is 2.17. The van der Waals surface area contributed by atoms with E-state index in [1.807, 2.05) is 13.8 Å². The summed E-state index contributed by atoms with van der Waals surface area (Å²) in [5.74, 6) is 0.967. The molecule has 2 N–H and O–H groups in total. The van der Waals surface area contributed by atoms with Crippen molar-refractivity contribution in [3.05, 3.63) is 0 Å². The van der Waals surface area contributed by atoms with E-state index < -0.39 is 0 Å². The third kappa shape index (κ3) is 4.84. The van der Waals surface area contributed by atoms with Gasteiger partial charge in [-0.05, 0) is 38.0 Å². The quantitative estimate of drug-likeness (QED) is 0.810. The van der Waals surface area contributed by atoms with Crippen molar-refractivity contribution in [2.24, 2.45) is 11.8 Å². The molecule has 1 saturated heterocycles. The summed E-state index contributed by atoms with van der Waals surface area (Å²) in [6.07, 6.45) is 2.64. The van der Waals surface area contributed by atoms with E-state index in [9.17, 15) is 9.90 Å². The molecule has 1 aliphatic heterocycles. The van der Waals surface area contributed by atoms with E-state index in [1.165, 1.54) is 0 Å². The van der Waals surface area contributed by atoms with Gasteiger partial charge in [-0.3, -0.25) is 0 Å². The summed E-state index contributed by atoms with van der Waals surface area (Å²) in [5.41, 5.74) is 0. The molecule has 0 aromatic carbocycles. The molecule has 0 spiro atoms. The van der Waals surface area contributed by atoms with Crippen LogP contribution in [0.1, 0.15) is 47.0 Å². The summed E-state index contributed by atoms with van der Waals surface area (Å²) < 4.78 is 0. The lowest BCUT2D eigenvalue weighted by atomic mass is 9.96. The SMILES string of the molecule is CC(C)CCC(C)NC(=O)N1CCC(C)C(O)C1. The third-order valence-corrected chi connectivity index (χ3v) is 3.75. The molecular weight excluding hydrogens is 228 g/mol. The van der Waals surface area contributed by atoms with Crippen LogP contribution in [0.2, 0.25) is 0 Å². The van der Waals surface area contributed by atoms with E-state index in [2.05, 4.69) is 19.2 Å². The zero-order valence-corrected chi connectivity index (χ0v) is 12.1. The first-order valence-corrected chi connectivity index (χ1v) is 7.13. The van der Waals surface area contributed by atoms with Crippen molar-refractivity contribution in [3.63, 3.8) is 0 Å². The summed E-state index contributed by atoms with van der Waals surface area (Å²) in [6, 6.07) is 0.175. The number of nitrogens with one attached hydrogen (secondary N) is 1. The molecule has 0 aromatic heterocycles. The highest BCUT2D eigenvalue weighted by Gasteiger charge is 2.27. The summed E-state index contributed by atoms with van der Waals surface area (Å²) in [7, 11) is 0. The van der Waals surface area contributed by atoms with Crippen LogP contribution in [0.4, 0.5) is 4.79 Å². The van der Waals surface area contributed by atoms with Gasteiger partial charge in [0.15, 0.2) is 0 Å². The predicted octanol–water partition coefficient (Wildman–Crippen LogP) is 2.22. The second-order valence-corrected chi connectivity index (χ2v) is 6.10. The van der Waals surface area contributed by atoms with E-state index in [4.69, 9.17) is 0 Å². The lowest BCUT2D eigenvalue weighted by molar-refractivity contribution is 0.0430. The first-order chi connectivity index (χ1) is 8.40. The first-order valence-electron chi connectivity index (χ1n) is 7.13. The minimum absolute atomic E-state index is 0.0304. The standard InChI is InChI=1S/C14H28N2O2/c1-10(2)5-6-12(4)15-14(18)16-8-7-11(3)13(17)9-16/h10-13,17H,5-9H2,1-4H3,(H,15,18). The first kappa shape index (κ1) is 15.3. The van der Waals surface area contributed by atoms with Gasteiger partial charge in [-0.2, -0.15) is 0 Å². The molecule has 0 saturated carbocycles. The lowest BCUT2D eigenvalue weighted by Gasteiger charge is -2.35. The smallest absolute Gasteiger partial charge is 0.317 e. The molecule has 0 radical (unpaired) electrons. The highest BCUT2D eigenvalue weighted by molar-refractivity contribution is 5.74. The van der Waals surface area contributed by atoms with Gasteiger partial charge in [0.1, 0.15) is 0 Å². The second kappa shape index (κ2) is 6.98. The minimum Gasteiger partial charge on any atom is -0.391 e. The van der Waals surface area contributed by atoms with Gasteiger partial charge in [-0.25, -0.2) is 4.79 Å². The summed E-state index contributed by atoms with van der Waals surface area (Å²) in [4.78, 5) is 13.7. The van der Waals surface area contributed by atoms with Crippen molar-refractivity contribution in [1.82, 2.24) is 10.2 Å². The Morgan fingerprint density at radius 1 is 1.39 bits per heavy atom. The van der Waals surface area contributed by atoms with Gasteiger partial charge in [0.2, 0.25) is 0 Å². The van der Waals surface area contributed by atoms with Crippen LogP contribution in [0, 0.1) is 11.8 Å². The average molecular weight is 256 g/mol. The number of likely N-dealkylation sites (tertiary alicyclic amines) is 1. The topological polar surface area (TPSA) is 52.6 Å². The molecule has 0 aliphatic carbocycles. The minimum atomic E-state index is -0.379. The maximum absolute atomic E-state index is 12.0. The summed E-state index contributed by atoms with van der Waals surface area (Å²) in [5, 5.41) is 12.8. The highest BCUT2D eigenvalue weighted by atomic mass is 16.3. The Morgan fingerprint density at radius 3 is 2.61 bits per heavy atom. The number of carbonyl (C=O) groups excluding carboxylic acids is 1. The molecule has 0 bridgehead atoms. The number of piperidine rings is 1. The lowest BCUT2D eigenvalue weighted by Crippen LogP contribution is -2.51. The van der Waals surface area contributed by atoms with Crippen LogP contribution in [0.15, 0.2) is 0 Å². The van der Waals surface area contributed by atoms with Gasteiger partial charge in [-0.15, -0.1) is 0 Å². The number of aliphatic hydroxyl groups excluding tert-OH is 1. The van der Waals surface area contributed by atoms with Gasteiger partial charge in [0.25, 0.3) is 0 Å². The number of urea groups is 1. The predicted molar refractivity (Wildman–Crippen MR) is 73.4 cm³/mol. The van der Waals surface area contributed by atoms with Crippen LogP contribution < -0.4 is 5.32 Å². The summed E-state index contributed by atoms with van der Waals surface area (Å²) in [6.45, 7) is 9.67. The molecule has 1 heterocycles. The Kier molecular flexibility index (Phi) is 5.93. The van der Waals surface area contributed by atoms with Crippen LogP contribution in [0.25, 0.3) is 0 Å². The van der Waals surface area contributed by atoms with Crippen molar-refractivity contribution >= 4 is 6.03 Å². The van der Waals surface area contributed by atoms with E-state index in [0.717, 1.165) is 25.8 Å². The number of rotatable bonds is 4. The molecule has 0 aromatic rings. The zero-order valence-electron chi connectivity index (χ0n) is 12.1. The van der Waals surface area contributed by atoms with E-state index in [-0.39, 0.29) is 18.2 Å². The monoisotopic (exact) mass is 256 g/mol.